The fourth-order valence-electron chi connectivity index (χ4n) is 1.40. The zero-order chi connectivity index (χ0) is 14.3. The first-order valence-corrected chi connectivity index (χ1v) is 5.94. The Bertz CT molecular complexity index is 407. The highest BCUT2D eigenvalue weighted by Crippen LogP contribution is 2.13. The minimum Gasteiger partial charge on any atom is -0.494 e. The fraction of sp³-hybridized carbons (Fsp3) is 0.462. The summed E-state index contributed by atoms with van der Waals surface area (Å²) in [6, 6.07) is 6.84. The van der Waals surface area contributed by atoms with Crippen LogP contribution >= 0.6 is 0 Å². The van der Waals surface area contributed by atoms with Crippen molar-refractivity contribution in [1.29, 1.82) is 0 Å². The highest BCUT2D eigenvalue weighted by atomic mass is 19.3. The van der Waals surface area contributed by atoms with E-state index in [9.17, 15) is 13.6 Å². The number of hydrogen-bond donors (Lipinski definition) is 2. The predicted octanol–water partition coefficient (Wildman–Crippen LogP) is 1.37. The molecule has 1 amide bonds. The summed E-state index contributed by atoms with van der Waals surface area (Å²) in [5, 5.41) is 10.4. The van der Waals surface area contributed by atoms with Gasteiger partial charge in [-0.2, -0.15) is 0 Å². The molecule has 19 heavy (non-hydrogen) atoms. The van der Waals surface area contributed by atoms with E-state index in [2.05, 4.69) is 5.32 Å². The smallest absolute Gasteiger partial charge is 0.287 e. The van der Waals surface area contributed by atoms with Crippen molar-refractivity contribution in [3.63, 3.8) is 0 Å². The molecule has 0 radical (unpaired) electrons. The molecule has 1 aromatic carbocycles. The van der Waals surface area contributed by atoms with Crippen molar-refractivity contribution in [2.24, 2.45) is 0 Å². The summed E-state index contributed by atoms with van der Waals surface area (Å²) in [5.74, 6) is -3.11. The molecule has 0 aromatic heterocycles. The van der Waals surface area contributed by atoms with Crippen LogP contribution in [0.5, 0.6) is 5.75 Å². The largest absolute Gasteiger partial charge is 0.494 e. The second kappa shape index (κ2) is 7.04. The van der Waals surface area contributed by atoms with Crippen LogP contribution in [0.25, 0.3) is 0 Å². The number of carbonyl (C=O) groups is 1. The van der Waals surface area contributed by atoms with Crippen LogP contribution in [0.4, 0.5) is 8.78 Å². The Kier molecular flexibility index (Phi) is 5.69. The maximum absolute atomic E-state index is 12.7. The molecule has 6 heteroatoms. The molecule has 0 fully saturated rings. The first kappa shape index (κ1) is 15.4. The van der Waals surface area contributed by atoms with Crippen molar-refractivity contribution >= 4 is 5.91 Å². The zero-order valence-electron chi connectivity index (χ0n) is 10.7. The molecule has 2 N–H and O–H groups in total. The van der Waals surface area contributed by atoms with Gasteiger partial charge in [-0.3, -0.25) is 4.79 Å². The lowest BCUT2D eigenvalue weighted by Crippen LogP contribution is -2.39. The molecule has 0 aliphatic rings. The SMILES string of the molecule is CCOc1ccc(CC(=O)NCC(F)(F)CO)cc1. The van der Waals surface area contributed by atoms with E-state index in [0.717, 1.165) is 0 Å². The van der Waals surface area contributed by atoms with Gasteiger partial charge in [0.15, 0.2) is 0 Å². The van der Waals surface area contributed by atoms with Crippen LogP contribution in [-0.2, 0) is 11.2 Å². The standard InChI is InChI=1S/C13H17F2NO3/c1-2-19-11-5-3-10(4-6-11)7-12(18)16-8-13(14,15)9-17/h3-6,17H,2,7-9H2,1H3,(H,16,18). The average molecular weight is 273 g/mol. The van der Waals surface area contributed by atoms with Crippen LogP contribution in [0.3, 0.4) is 0 Å². The van der Waals surface area contributed by atoms with Gasteiger partial charge in [0.25, 0.3) is 5.92 Å². The van der Waals surface area contributed by atoms with Gasteiger partial charge >= 0.3 is 0 Å². The van der Waals surface area contributed by atoms with Gasteiger partial charge in [-0.25, -0.2) is 8.78 Å². The first-order valence-electron chi connectivity index (χ1n) is 5.94. The third-order valence-corrected chi connectivity index (χ3v) is 2.37. The number of hydrogen-bond acceptors (Lipinski definition) is 3. The first-order chi connectivity index (χ1) is 8.96. The van der Waals surface area contributed by atoms with Crippen molar-refractivity contribution in [2.75, 3.05) is 19.8 Å². The molecule has 0 aliphatic heterocycles. The van der Waals surface area contributed by atoms with Crippen molar-refractivity contribution in [3.05, 3.63) is 29.8 Å². The van der Waals surface area contributed by atoms with Crippen molar-refractivity contribution < 1.29 is 23.4 Å². The molecule has 1 aromatic rings. The molecular weight excluding hydrogens is 256 g/mol. The number of ether oxygens (including phenoxy) is 1. The average Bonchev–Trinajstić information content (AvgIpc) is 2.39. The lowest BCUT2D eigenvalue weighted by Gasteiger charge is -2.13. The topological polar surface area (TPSA) is 58.6 Å². The van der Waals surface area contributed by atoms with E-state index in [-0.39, 0.29) is 6.42 Å². The quantitative estimate of drug-likeness (QED) is 0.789. The molecule has 4 nitrogen and oxygen atoms in total. The minimum atomic E-state index is -3.28. The summed E-state index contributed by atoms with van der Waals surface area (Å²) >= 11 is 0. The van der Waals surface area contributed by atoms with Gasteiger partial charge in [-0.15, -0.1) is 0 Å². The number of alkyl halides is 2. The highest BCUT2D eigenvalue weighted by Gasteiger charge is 2.27. The zero-order valence-corrected chi connectivity index (χ0v) is 10.7. The fourth-order valence-corrected chi connectivity index (χ4v) is 1.40. The van der Waals surface area contributed by atoms with Crippen molar-refractivity contribution in [1.82, 2.24) is 5.32 Å². The lowest BCUT2D eigenvalue weighted by atomic mass is 10.1. The molecule has 0 unspecified atom stereocenters. The summed E-state index contributed by atoms with van der Waals surface area (Å²) in [4.78, 5) is 11.4. The number of halogens is 2. The Morgan fingerprint density at radius 2 is 2.00 bits per heavy atom. The van der Waals surface area contributed by atoms with E-state index in [1.54, 1.807) is 24.3 Å². The molecule has 1 rings (SSSR count). The van der Waals surface area contributed by atoms with Gasteiger partial charge < -0.3 is 15.2 Å². The Morgan fingerprint density at radius 1 is 1.37 bits per heavy atom. The Labute approximate surface area is 110 Å². The summed E-state index contributed by atoms with van der Waals surface area (Å²) in [6.07, 6.45) is 0.00785. The van der Waals surface area contributed by atoms with Crippen LogP contribution in [0.15, 0.2) is 24.3 Å². The number of nitrogens with one attached hydrogen (secondary N) is 1. The Balaban J connectivity index is 2.44. The van der Waals surface area contributed by atoms with Crippen LogP contribution in [-0.4, -0.2) is 36.7 Å². The molecule has 0 heterocycles. The monoisotopic (exact) mass is 273 g/mol. The molecule has 0 saturated heterocycles. The van der Waals surface area contributed by atoms with Gasteiger partial charge in [0.1, 0.15) is 12.4 Å². The second-order valence-corrected chi connectivity index (χ2v) is 4.04. The maximum atomic E-state index is 12.7. The summed E-state index contributed by atoms with van der Waals surface area (Å²) in [7, 11) is 0. The van der Waals surface area contributed by atoms with Gasteiger partial charge in [0.2, 0.25) is 5.91 Å². The summed E-state index contributed by atoms with van der Waals surface area (Å²) in [6.45, 7) is 0.272. The number of benzene rings is 1. The number of aliphatic hydroxyl groups excluding tert-OH is 1. The van der Waals surface area contributed by atoms with E-state index in [1.165, 1.54) is 0 Å². The van der Waals surface area contributed by atoms with Crippen LogP contribution in [0.1, 0.15) is 12.5 Å². The second-order valence-electron chi connectivity index (χ2n) is 4.04. The maximum Gasteiger partial charge on any atom is 0.287 e. The van der Waals surface area contributed by atoms with E-state index in [1.807, 2.05) is 6.92 Å². The Morgan fingerprint density at radius 3 is 2.53 bits per heavy atom. The molecule has 106 valence electrons. The minimum absolute atomic E-state index is 0.00785. The van der Waals surface area contributed by atoms with E-state index >= 15 is 0 Å². The van der Waals surface area contributed by atoms with Gasteiger partial charge in [0, 0.05) is 0 Å². The molecule has 0 aliphatic carbocycles. The molecule has 0 saturated carbocycles. The van der Waals surface area contributed by atoms with Crippen LogP contribution < -0.4 is 10.1 Å². The molecular formula is C13H17F2NO3. The molecule has 0 bridgehead atoms. The number of rotatable bonds is 7. The predicted molar refractivity (Wildman–Crippen MR) is 66.4 cm³/mol. The van der Waals surface area contributed by atoms with E-state index < -0.39 is 25.0 Å². The number of carbonyl (C=O) groups excluding carboxylic acids is 1. The van der Waals surface area contributed by atoms with E-state index in [4.69, 9.17) is 9.84 Å². The van der Waals surface area contributed by atoms with Gasteiger partial charge in [0.05, 0.1) is 19.6 Å². The molecule has 0 spiro atoms. The normalized spacial score (nSPS) is 11.2. The summed E-state index contributed by atoms with van der Waals surface area (Å²) in [5.41, 5.74) is 0.702. The van der Waals surface area contributed by atoms with Gasteiger partial charge in [-0.1, -0.05) is 12.1 Å². The van der Waals surface area contributed by atoms with E-state index in [0.29, 0.717) is 17.9 Å². The Hall–Kier alpha value is -1.69. The number of aliphatic hydroxyl groups is 1. The highest BCUT2D eigenvalue weighted by molar-refractivity contribution is 5.78. The van der Waals surface area contributed by atoms with Crippen LogP contribution in [0, 0.1) is 0 Å². The van der Waals surface area contributed by atoms with Crippen LogP contribution in [0.2, 0.25) is 0 Å². The van der Waals surface area contributed by atoms with Gasteiger partial charge in [-0.05, 0) is 24.6 Å². The third kappa shape index (κ3) is 5.65. The lowest BCUT2D eigenvalue weighted by molar-refractivity contribution is -0.123. The van der Waals surface area contributed by atoms with Crippen molar-refractivity contribution in [3.8, 4) is 5.75 Å². The number of amides is 1. The molecule has 0 atom stereocenters. The van der Waals surface area contributed by atoms with Crippen molar-refractivity contribution in [2.45, 2.75) is 19.3 Å². The third-order valence-electron chi connectivity index (χ3n) is 2.37. The summed E-state index contributed by atoms with van der Waals surface area (Å²) < 4.78 is 30.7.